The number of rotatable bonds is 0. The van der Waals surface area contributed by atoms with E-state index < -0.39 is 0 Å². The Kier molecular flexibility index (Phi) is 3.07. The van der Waals surface area contributed by atoms with Crippen LogP contribution in [0.25, 0.3) is 0 Å². The number of ketones is 2. The quantitative estimate of drug-likeness (QED) is 0.677. The molecule has 8 unspecified atom stereocenters. The Bertz CT molecular complexity index is 464. The van der Waals surface area contributed by atoms with E-state index in [4.69, 9.17) is 0 Å². The highest BCUT2D eigenvalue weighted by atomic mass is 16.1. The molecule has 5 rings (SSSR count). The third-order valence-corrected chi connectivity index (χ3v) is 8.29. The van der Waals surface area contributed by atoms with Gasteiger partial charge in [0.1, 0.15) is 11.6 Å². The van der Waals surface area contributed by atoms with E-state index in [1.54, 1.807) is 0 Å². The van der Waals surface area contributed by atoms with E-state index in [2.05, 4.69) is 0 Å². The summed E-state index contributed by atoms with van der Waals surface area (Å²) in [4.78, 5) is 25.8. The van der Waals surface area contributed by atoms with Crippen LogP contribution >= 0.6 is 0 Å². The summed E-state index contributed by atoms with van der Waals surface area (Å²) in [5.74, 6) is 5.07. The molecule has 120 valence electrons. The number of Topliss-reactive ketones (excluding diaryl/α,β-unsaturated/α-hetero) is 2. The number of carbonyl (C=O) groups excluding carboxylic acids is 2. The molecule has 8 atom stereocenters. The van der Waals surface area contributed by atoms with Crippen LogP contribution in [-0.4, -0.2) is 11.6 Å². The van der Waals surface area contributed by atoms with E-state index in [1.807, 2.05) is 0 Å². The van der Waals surface area contributed by atoms with E-state index in [0.29, 0.717) is 58.9 Å². The fourth-order valence-electron chi connectivity index (χ4n) is 7.47. The van der Waals surface area contributed by atoms with Crippen molar-refractivity contribution in [3.63, 3.8) is 0 Å². The highest BCUT2D eigenvalue weighted by Crippen LogP contribution is 2.60. The first-order chi connectivity index (χ1) is 10.8. The second-order valence-corrected chi connectivity index (χ2v) is 8.93. The van der Waals surface area contributed by atoms with Crippen LogP contribution in [-0.2, 0) is 9.59 Å². The third kappa shape index (κ3) is 1.73. The summed E-state index contributed by atoms with van der Waals surface area (Å²) < 4.78 is 0. The predicted molar refractivity (Wildman–Crippen MR) is 84.1 cm³/mol. The molecule has 5 aliphatic rings. The molecule has 22 heavy (non-hydrogen) atoms. The minimum atomic E-state index is 0.336. The third-order valence-electron chi connectivity index (χ3n) is 8.29. The van der Waals surface area contributed by atoms with Gasteiger partial charge in [0, 0.05) is 23.7 Å². The molecule has 2 nitrogen and oxygen atoms in total. The average molecular weight is 300 g/mol. The topological polar surface area (TPSA) is 34.1 Å². The molecule has 0 amide bonds. The molecule has 0 heterocycles. The van der Waals surface area contributed by atoms with Gasteiger partial charge in [-0.25, -0.2) is 0 Å². The Morgan fingerprint density at radius 3 is 1.36 bits per heavy atom. The zero-order chi connectivity index (χ0) is 14.8. The zero-order valence-electron chi connectivity index (χ0n) is 13.5. The van der Waals surface area contributed by atoms with Crippen molar-refractivity contribution in [2.24, 2.45) is 47.3 Å². The van der Waals surface area contributed by atoms with Gasteiger partial charge in [0.25, 0.3) is 0 Å². The summed E-state index contributed by atoms with van der Waals surface area (Å²) >= 11 is 0. The molecule has 2 heteroatoms. The lowest BCUT2D eigenvalue weighted by Gasteiger charge is -2.38. The van der Waals surface area contributed by atoms with Crippen molar-refractivity contribution in [1.29, 1.82) is 0 Å². The van der Waals surface area contributed by atoms with Crippen LogP contribution < -0.4 is 0 Å². The van der Waals surface area contributed by atoms with Gasteiger partial charge in [-0.05, 0) is 62.2 Å². The van der Waals surface area contributed by atoms with Crippen LogP contribution in [0.5, 0.6) is 0 Å². The molecule has 0 aliphatic heterocycles. The molecule has 0 radical (unpaired) electrons. The molecule has 5 aliphatic carbocycles. The number of fused-ring (bicyclic) bond motifs is 6. The van der Waals surface area contributed by atoms with Crippen molar-refractivity contribution in [3.8, 4) is 0 Å². The molecule has 0 bridgehead atoms. The van der Waals surface area contributed by atoms with E-state index in [-0.39, 0.29) is 0 Å². The monoisotopic (exact) mass is 300 g/mol. The normalized spacial score (nSPS) is 53.6. The lowest BCUT2D eigenvalue weighted by Crippen LogP contribution is -2.35. The van der Waals surface area contributed by atoms with E-state index in [9.17, 15) is 9.59 Å². The maximum absolute atomic E-state index is 12.9. The van der Waals surface area contributed by atoms with Crippen molar-refractivity contribution >= 4 is 11.6 Å². The van der Waals surface area contributed by atoms with Crippen LogP contribution in [0.4, 0.5) is 0 Å². The molecule has 5 saturated carbocycles. The van der Waals surface area contributed by atoms with Crippen LogP contribution in [0.15, 0.2) is 0 Å². The molecule has 0 spiro atoms. The fraction of sp³-hybridized carbons (Fsp3) is 0.900. The summed E-state index contributed by atoms with van der Waals surface area (Å²) in [6, 6.07) is 0. The first-order valence-corrected chi connectivity index (χ1v) is 9.83. The maximum Gasteiger partial charge on any atom is 0.139 e. The molecule has 0 aromatic rings. The van der Waals surface area contributed by atoms with Crippen molar-refractivity contribution < 1.29 is 9.59 Å². The van der Waals surface area contributed by atoms with Gasteiger partial charge in [-0.3, -0.25) is 9.59 Å². The van der Waals surface area contributed by atoms with Crippen LogP contribution in [0, 0.1) is 47.3 Å². The van der Waals surface area contributed by atoms with Gasteiger partial charge in [0.05, 0.1) is 0 Å². The van der Waals surface area contributed by atoms with Crippen molar-refractivity contribution in [3.05, 3.63) is 0 Å². The molecule has 0 aromatic carbocycles. The van der Waals surface area contributed by atoms with E-state index in [1.165, 1.54) is 38.5 Å². The summed E-state index contributed by atoms with van der Waals surface area (Å²) in [6.07, 6.45) is 12.1. The molecular weight excluding hydrogens is 272 g/mol. The summed E-state index contributed by atoms with van der Waals surface area (Å²) in [5, 5.41) is 0. The van der Waals surface area contributed by atoms with Crippen molar-refractivity contribution in [1.82, 2.24) is 0 Å². The predicted octanol–water partition coefficient (Wildman–Crippen LogP) is 4.02. The zero-order valence-corrected chi connectivity index (χ0v) is 13.5. The Labute approximate surface area is 133 Å². The Morgan fingerprint density at radius 2 is 0.909 bits per heavy atom. The number of carbonyl (C=O) groups is 2. The van der Waals surface area contributed by atoms with Crippen LogP contribution in [0.3, 0.4) is 0 Å². The summed E-state index contributed by atoms with van der Waals surface area (Å²) in [5.41, 5.74) is 0. The molecular formula is C20H28O2. The first-order valence-electron chi connectivity index (χ1n) is 9.83. The van der Waals surface area contributed by atoms with Crippen LogP contribution in [0.1, 0.15) is 64.2 Å². The standard InChI is InChI=1S/C20H28O2/c21-19-13-7-3-1-5-11(13)15-9-18-16(10-17(15)19)12-6-2-4-8-14(12)20(18)22/h11-18H,1-10H2. The van der Waals surface area contributed by atoms with Gasteiger partial charge in [-0.1, -0.05) is 25.7 Å². The van der Waals surface area contributed by atoms with Gasteiger partial charge in [-0.2, -0.15) is 0 Å². The fourth-order valence-corrected chi connectivity index (χ4v) is 7.47. The molecule has 0 saturated heterocycles. The van der Waals surface area contributed by atoms with Gasteiger partial charge >= 0.3 is 0 Å². The second kappa shape index (κ2) is 4.92. The smallest absolute Gasteiger partial charge is 0.139 e. The number of hydrogen-bond acceptors (Lipinski definition) is 2. The first kappa shape index (κ1) is 13.7. The Hall–Kier alpha value is -0.660. The Morgan fingerprint density at radius 1 is 0.500 bits per heavy atom. The van der Waals surface area contributed by atoms with Crippen molar-refractivity contribution in [2.45, 2.75) is 64.2 Å². The van der Waals surface area contributed by atoms with Crippen molar-refractivity contribution in [2.75, 3.05) is 0 Å². The van der Waals surface area contributed by atoms with E-state index in [0.717, 1.165) is 25.7 Å². The van der Waals surface area contributed by atoms with Gasteiger partial charge in [0.2, 0.25) is 0 Å². The van der Waals surface area contributed by atoms with Gasteiger partial charge in [-0.15, -0.1) is 0 Å². The molecule has 0 N–H and O–H groups in total. The maximum atomic E-state index is 12.9. The van der Waals surface area contributed by atoms with Gasteiger partial charge < -0.3 is 0 Å². The van der Waals surface area contributed by atoms with Gasteiger partial charge in [0.15, 0.2) is 0 Å². The SMILES string of the molecule is O=C1C2CCCCC2C2CC3C(=O)C4CCCCC4C3CC12. The lowest BCUT2D eigenvalue weighted by molar-refractivity contribution is -0.129. The van der Waals surface area contributed by atoms with E-state index >= 15 is 0 Å². The van der Waals surface area contributed by atoms with Crippen LogP contribution in [0.2, 0.25) is 0 Å². The molecule has 0 aromatic heterocycles. The minimum absolute atomic E-state index is 0.336. The highest BCUT2D eigenvalue weighted by Gasteiger charge is 2.60. The lowest BCUT2D eigenvalue weighted by atomic mass is 9.65. The number of hydrogen-bond donors (Lipinski definition) is 0. The molecule has 5 fully saturated rings. The second-order valence-electron chi connectivity index (χ2n) is 8.93. The highest BCUT2D eigenvalue weighted by molar-refractivity contribution is 5.90. The Balaban J connectivity index is 1.45. The largest absolute Gasteiger partial charge is 0.299 e. The minimum Gasteiger partial charge on any atom is -0.299 e. The average Bonchev–Trinajstić information content (AvgIpc) is 3.01. The summed E-state index contributed by atoms with van der Waals surface area (Å²) in [7, 11) is 0. The summed E-state index contributed by atoms with van der Waals surface area (Å²) in [6.45, 7) is 0.